The van der Waals surface area contributed by atoms with Crippen molar-refractivity contribution in [1.29, 1.82) is 0 Å². The van der Waals surface area contributed by atoms with Gasteiger partial charge in [0.05, 0.1) is 11.8 Å². The van der Waals surface area contributed by atoms with Crippen LogP contribution in [0.4, 0.5) is 5.69 Å². The molecule has 0 aliphatic rings. The van der Waals surface area contributed by atoms with Crippen molar-refractivity contribution in [2.75, 3.05) is 5.73 Å². The predicted molar refractivity (Wildman–Crippen MR) is 80.3 cm³/mol. The summed E-state index contributed by atoms with van der Waals surface area (Å²) in [5.74, 6) is 1.63. The summed E-state index contributed by atoms with van der Waals surface area (Å²) in [6.45, 7) is 6.00. The van der Waals surface area contributed by atoms with Gasteiger partial charge in [0.15, 0.2) is 11.5 Å². The van der Waals surface area contributed by atoms with Gasteiger partial charge in [-0.05, 0) is 50.1 Å². The molecule has 0 bridgehead atoms. The van der Waals surface area contributed by atoms with E-state index in [1.165, 1.54) is 5.56 Å². The number of hydrogen-bond acceptors (Lipinski definition) is 4. The molecule has 0 saturated heterocycles. The molecule has 0 amide bonds. The van der Waals surface area contributed by atoms with E-state index < -0.39 is 0 Å². The molecular formula is C16H20N2O2. The van der Waals surface area contributed by atoms with Gasteiger partial charge in [0.2, 0.25) is 0 Å². The van der Waals surface area contributed by atoms with E-state index in [4.69, 9.17) is 15.2 Å². The molecule has 1 aromatic carbocycles. The lowest BCUT2D eigenvalue weighted by Gasteiger charge is -2.14. The minimum Gasteiger partial charge on any atom is -0.485 e. The molecule has 2 rings (SSSR count). The van der Waals surface area contributed by atoms with Gasteiger partial charge >= 0.3 is 0 Å². The van der Waals surface area contributed by atoms with Crippen molar-refractivity contribution in [2.45, 2.75) is 33.3 Å². The van der Waals surface area contributed by atoms with E-state index in [1.807, 2.05) is 44.2 Å². The molecule has 2 N–H and O–H groups in total. The number of ether oxygens (including phenoxy) is 2. The molecule has 20 heavy (non-hydrogen) atoms. The molecule has 0 aliphatic heterocycles. The average molecular weight is 272 g/mol. The number of nitrogens with zero attached hydrogens (tertiary/aromatic N) is 1. The predicted octanol–water partition coefficient (Wildman–Crippen LogP) is 3.81. The maximum Gasteiger partial charge on any atom is 0.262 e. The van der Waals surface area contributed by atoms with Crippen LogP contribution in [0.3, 0.4) is 0 Å². The van der Waals surface area contributed by atoms with Gasteiger partial charge in [-0.15, -0.1) is 0 Å². The zero-order valence-corrected chi connectivity index (χ0v) is 12.1. The zero-order chi connectivity index (χ0) is 14.5. The topological polar surface area (TPSA) is 57.4 Å². The third-order valence-corrected chi connectivity index (χ3v) is 2.79. The van der Waals surface area contributed by atoms with Crippen molar-refractivity contribution >= 4 is 5.69 Å². The van der Waals surface area contributed by atoms with E-state index >= 15 is 0 Å². The van der Waals surface area contributed by atoms with E-state index in [0.717, 1.165) is 6.42 Å². The zero-order valence-electron chi connectivity index (χ0n) is 12.1. The van der Waals surface area contributed by atoms with Crippen LogP contribution >= 0.6 is 0 Å². The third-order valence-electron chi connectivity index (χ3n) is 2.79. The highest BCUT2D eigenvalue weighted by Crippen LogP contribution is 2.33. The van der Waals surface area contributed by atoms with E-state index in [0.29, 0.717) is 23.1 Å². The molecule has 4 heteroatoms. The largest absolute Gasteiger partial charge is 0.485 e. The second-order valence-corrected chi connectivity index (χ2v) is 4.80. The number of aryl methyl sites for hydroxylation is 1. The Morgan fingerprint density at radius 1 is 1.20 bits per heavy atom. The van der Waals surface area contributed by atoms with E-state index in [9.17, 15) is 0 Å². The molecule has 0 unspecified atom stereocenters. The van der Waals surface area contributed by atoms with Crippen molar-refractivity contribution in [3.63, 3.8) is 0 Å². The van der Waals surface area contributed by atoms with Crippen LogP contribution in [0.5, 0.6) is 17.4 Å². The number of pyridine rings is 1. The fraction of sp³-hybridized carbons (Fsp3) is 0.312. The third kappa shape index (κ3) is 3.41. The van der Waals surface area contributed by atoms with Crippen LogP contribution in [0.2, 0.25) is 0 Å². The molecule has 1 aromatic heterocycles. The van der Waals surface area contributed by atoms with Crippen LogP contribution < -0.4 is 15.2 Å². The number of nitrogen functional groups attached to an aromatic ring is 1. The second kappa shape index (κ2) is 6.28. The van der Waals surface area contributed by atoms with Gasteiger partial charge in [0.25, 0.3) is 5.88 Å². The first-order valence-electron chi connectivity index (χ1n) is 6.78. The van der Waals surface area contributed by atoms with Crippen LogP contribution in [0, 0.1) is 0 Å². The Kier molecular flexibility index (Phi) is 4.45. The molecule has 0 atom stereocenters. The Morgan fingerprint density at radius 3 is 2.65 bits per heavy atom. The van der Waals surface area contributed by atoms with Gasteiger partial charge < -0.3 is 15.2 Å². The molecule has 0 saturated carbocycles. The molecule has 0 spiro atoms. The van der Waals surface area contributed by atoms with Crippen molar-refractivity contribution in [3.8, 4) is 17.4 Å². The smallest absolute Gasteiger partial charge is 0.262 e. The lowest BCUT2D eigenvalue weighted by molar-refractivity contribution is 0.231. The van der Waals surface area contributed by atoms with Crippen LogP contribution in [0.15, 0.2) is 36.5 Å². The molecule has 1 heterocycles. The molecule has 2 aromatic rings. The Balaban J connectivity index is 2.26. The van der Waals surface area contributed by atoms with Gasteiger partial charge in [-0.25, -0.2) is 4.98 Å². The first-order valence-corrected chi connectivity index (χ1v) is 6.78. The number of hydrogen-bond donors (Lipinski definition) is 1. The fourth-order valence-corrected chi connectivity index (χ4v) is 1.81. The Labute approximate surface area is 119 Å². The first kappa shape index (κ1) is 14.2. The molecule has 106 valence electrons. The summed E-state index contributed by atoms with van der Waals surface area (Å²) >= 11 is 0. The van der Waals surface area contributed by atoms with Gasteiger partial charge in [0.1, 0.15) is 0 Å². The number of aromatic nitrogens is 1. The van der Waals surface area contributed by atoms with Crippen molar-refractivity contribution in [2.24, 2.45) is 0 Å². The highest BCUT2D eigenvalue weighted by molar-refractivity contribution is 5.56. The van der Waals surface area contributed by atoms with Crippen LogP contribution in [-0.4, -0.2) is 11.1 Å². The minimum absolute atomic E-state index is 0.0568. The van der Waals surface area contributed by atoms with Gasteiger partial charge in [0, 0.05) is 6.20 Å². The number of nitrogens with two attached hydrogens (primary N) is 1. The quantitative estimate of drug-likeness (QED) is 0.841. The van der Waals surface area contributed by atoms with Crippen LogP contribution in [0.25, 0.3) is 0 Å². The highest BCUT2D eigenvalue weighted by Gasteiger charge is 2.11. The maximum atomic E-state index is 6.00. The summed E-state index contributed by atoms with van der Waals surface area (Å²) in [5.41, 5.74) is 7.78. The fourth-order valence-electron chi connectivity index (χ4n) is 1.81. The lowest BCUT2D eigenvalue weighted by atomic mass is 10.1. The van der Waals surface area contributed by atoms with Crippen molar-refractivity contribution in [1.82, 2.24) is 4.98 Å². The van der Waals surface area contributed by atoms with Gasteiger partial charge in [-0.2, -0.15) is 0 Å². The summed E-state index contributed by atoms with van der Waals surface area (Å²) in [6.07, 6.45) is 2.66. The minimum atomic E-state index is 0.0568. The first-order chi connectivity index (χ1) is 9.60. The summed E-state index contributed by atoms with van der Waals surface area (Å²) in [5, 5.41) is 0. The van der Waals surface area contributed by atoms with Crippen molar-refractivity contribution < 1.29 is 9.47 Å². The van der Waals surface area contributed by atoms with E-state index in [1.54, 1.807) is 6.20 Å². The molecule has 4 nitrogen and oxygen atoms in total. The summed E-state index contributed by atoms with van der Waals surface area (Å²) in [6, 6.07) is 9.42. The highest BCUT2D eigenvalue weighted by atomic mass is 16.5. The second-order valence-electron chi connectivity index (χ2n) is 4.80. The Hall–Kier alpha value is -2.23. The molecular weight excluding hydrogens is 252 g/mol. The van der Waals surface area contributed by atoms with E-state index in [-0.39, 0.29) is 6.10 Å². The maximum absolute atomic E-state index is 6.00. The molecule has 0 fully saturated rings. The molecule has 0 aliphatic carbocycles. The van der Waals surface area contributed by atoms with Crippen LogP contribution in [-0.2, 0) is 6.42 Å². The summed E-state index contributed by atoms with van der Waals surface area (Å²) < 4.78 is 11.5. The Morgan fingerprint density at radius 2 is 2.00 bits per heavy atom. The summed E-state index contributed by atoms with van der Waals surface area (Å²) in [7, 11) is 0. The van der Waals surface area contributed by atoms with E-state index in [2.05, 4.69) is 11.9 Å². The van der Waals surface area contributed by atoms with Crippen molar-refractivity contribution in [3.05, 3.63) is 42.1 Å². The van der Waals surface area contributed by atoms with Gasteiger partial charge in [-0.1, -0.05) is 13.0 Å². The van der Waals surface area contributed by atoms with Gasteiger partial charge in [-0.3, -0.25) is 0 Å². The number of benzene rings is 1. The lowest BCUT2D eigenvalue weighted by Crippen LogP contribution is -2.07. The standard InChI is InChI=1S/C16H20N2O2/c1-4-12-7-8-14(13(17)10-12)20-16-15(19-11(2)3)6-5-9-18-16/h5-11H,4,17H2,1-3H3. The summed E-state index contributed by atoms with van der Waals surface area (Å²) in [4.78, 5) is 4.21. The number of anilines is 1. The number of rotatable bonds is 5. The average Bonchev–Trinajstić information content (AvgIpc) is 2.42. The normalized spacial score (nSPS) is 10.6. The SMILES string of the molecule is CCc1ccc(Oc2ncccc2OC(C)C)c(N)c1. The Bertz CT molecular complexity index is 582. The molecule has 0 radical (unpaired) electrons. The monoisotopic (exact) mass is 272 g/mol. The van der Waals surface area contributed by atoms with Crippen LogP contribution in [0.1, 0.15) is 26.3 Å².